The monoisotopic (exact) mass is 332 g/mol. The van der Waals surface area contributed by atoms with Crippen LogP contribution < -0.4 is 20.3 Å². The highest BCUT2D eigenvalue weighted by atomic mass is 16.5. The summed E-state index contributed by atoms with van der Waals surface area (Å²) in [7, 11) is 3.07. The second-order valence-corrected chi connectivity index (χ2v) is 5.12. The Morgan fingerprint density at radius 3 is 2.50 bits per heavy atom. The van der Waals surface area contributed by atoms with Crippen LogP contribution in [0.5, 0.6) is 11.5 Å². The van der Waals surface area contributed by atoms with Gasteiger partial charge in [0.1, 0.15) is 0 Å². The molecule has 1 unspecified atom stereocenters. The van der Waals surface area contributed by atoms with Crippen molar-refractivity contribution in [1.29, 1.82) is 0 Å². The van der Waals surface area contributed by atoms with Crippen LogP contribution in [0.2, 0.25) is 0 Å². The fourth-order valence-electron chi connectivity index (χ4n) is 2.30. The fraction of sp³-hybridized carbons (Fsp3) is 0.375. The SMILES string of the molecule is CCC(NC(C)=O)c1nnc(-c2ccc(OC)c(OC)c2)[nH]c1=O. The van der Waals surface area contributed by atoms with Crippen LogP contribution in [0.4, 0.5) is 0 Å². The molecule has 0 aliphatic rings. The van der Waals surface area contributed by atoms with Crippen molar-refractivity contribution in [3.8, 4) is 22.9 Å². The van der Waals surface area contributed by atoms with Crippen molar-refractivity contribution in [2.75, 3.05) is 14.2 Å². The molecule has 24 heavy (non-hydrogen) atoms. The molecule has 0 spiro atoms. The van der Waals surface area contributed by atoms with Gasteiger partial charge in [-0.1, -0.05) is 6.92 Å². The standard InChI is InChI=1S/C16H20N4O4/c1-5-11(17-9(2)21)14-16(22)18-15(20-19-14)10-6-7-12(23-3)13(8-10)24-4/h6-8,11H,5H2,1-4H3,(H,17,21)(H,18,20,22). The van der Waals surface area contributed by atoms with Crippen LogP contribution in [0, 0.1) is 0 Å². The van der Waals surface area contributed by atoms with Crippen LogP contribution >= 0.6 is 0 Å². The minimum atomic E-state index is -0.474. The van der Waals surface area contributed by atoms with E-state index in [0.717, 1.165) is 0 Å². The third-order valence-electron chi connectivity index (χ3n) is 3.50. The number of aromatic amines is 1. The summed E-state index contributed by atoms with van der Waals surface area (Å²) in [5.41, 5.74) is 0.420. The van der Waals surface area contributed by atoms with Crippen molar-refractivity contribution >= 4 is 5.91 Å². The van der Waals surface area contributed by atoms with Crippen molar-refractivity contribution in [2.45, 2.75) is 26.3 Å². The first-order valence-electron chi connectivity index (χ1n) is 7.46. The quantitative estimate of drug-likeness (QED) is 0.829. The first-order valence-corrected chi connectivity index (χ1v) is 7.46. The molecule has 0 aliphatic heterocycles. The highest BCUT2D eigenvalue weighted by molar-refractivity contribution is 5.73. The van der Waals surface area contributed by atoms with Gasteiger partial charge in [-0.15, -0.1) is 10.2 Å². The minimum absolute atomic E-state index is 0.178. The Morgan fingerprint density at radius 1 is 1.25 bits per heavy atom. The maximum atomic E-state index is 12.3. The van der Waals surface area contributed by atoms with E-state index in [0.29, 0.717) is 29.3 Å². The fourth-order valence-corrected chi connectivity index (χ4v) is 2.30. The molecule has 8 nitrogen and oxygen atoms in total. The van der Waals surface area contributed by atoms with Crippen LogP contribution in [-0.4, -0.2) is 35.3 Å². The predicted molar refractivity (Wildman–Crippen MR) is 88.0 cm³/mol. The van der Waals surface area contributed by atoms with Crippen LogP contribution in [-0.2, 0) is 4.79 Å². The number of carbonyl (C=O) groups excluding carboxylic acids is 1. The normalized spacial score (nSPS) is 11.7. The van der Waals surface area contributed by atoms with Crippen molar-refractivity contribution in [3.05, 3.63) is 34.2 Å². The van der Waals surface area contributed by atoms with Gasteiger partial charge in [-0.3, -0.25) is 9.59 Å². The Labute approximate surface area is 139 Å². The lowest BCUT2D eigenvalue weighted by Crippen LogP contribution is -2.32. The van der Waals surface area contributed by atoms with E-state index in [9.17, 15) is 9.59 Å². The summed E-state index contributed by atoms with van der Waals surface area (Å²) in [5.74, 6) is 1.17. The molecule has 0 aliphatic carbocycles. The van der Waals surface area contributed by atoms with Gasteiger partial charge in [0.05, 0.1) is 20.3 Å². The topological polar surface area (TPSA) is 106 Å². The number of hydrogen-bond acceptors (Lipinski definition) is 6. The van der Waals surface area contributed by atoms with Crippen LogP contribution in [0.3, 0.4) is 0 Å². The van der Waals surface area contributed by atoms with E-state index < -0.39 is 11.6 Å². The molecule has 1 aromatic heterocycles. The molecule has 1 aromatic carbocycles. The minimum Gasteiger partial charge on any atom is -0.493 e. The summed E-state index contributed by atoms with van der Waals surface area (Å²) in [5, 5.41) is 10.7. The van der Waals surface area contributed by atoms with Crippen LogP contribution in [0.25, 0.3) is 11.4 Å². The highest BCUT2D eigenvalue weighted by Gasteiger charge is 2.18. The van der Waals surface area contributed by atoms with Crippen molar-refractivity contribution in [1.82, 2.24) is 20.5 Å². The summed E-state index contributed by atoms with van der Waals surface area (Å²) >= 11 is 0. The van der Waals surface area contributed by atoms with Gasteiger partial charge in [0.15, 0.2) is 23.0 Å². The number of ether oxygens (including phenoxy) is 2. The molecule has 0 saturated heterocycles. The van der Waals surface area contributed by atoms with E-state index in [1.165, 1.54) is 14.0 Å². The third-order valence-corrected chi connectivity index (χ3v) is 3.50. The molecule has 128 valence electrons. The molecule has 2 N–H and O–H groups in total. The summed E-state index contributed by atoms with van der Waals surface area (Å²) in [6.07, 6.45) is 0.535. The van der Waals surface area contributed by atoms with Gasteiger partial charge in [-0.05, 0) is 24.6 Å². The Balaban J connectivity index is 2.39. The highest BCUT2D eigenvalue weighted by Crippen LogP contribution is 2.30. The zero-order valence-corrected chi connectivity index (χ0v) is 14.0. The lowest BCUT2D eigenvalue weighted by Gasteiger charge is -2.14. The maximum Gasteiger partial charge on any atom is 0.275 e. The first kappa shape index (κ1) is 17.5. The molecule has 1 amide bonds. The van der Waals surface area contributed by atoms with E-state index >= 15 is 0 Å². The van der Waals surface area contributed by atoms with Gasteiger partial charge in [-0.25, -0.2) is 0 Å². The largest absolute Gasteiger partial charge is 0.493 e. The second-order valence-electron chi connectivity index (χ2n) is 5.12. The van der Waals surface area contributed by atoms with Crippen LogP contribution in [0.15, 0.2) is 23.0 Å². The zero-order chi connectivity index (χ0) is 17.7. The number of benzene rings is 1. The van der Waals surface area contributed by atoms with E-state index in [-0.39, 0.29) is 11.6 Å². The number of rotatable bonds is 6. The Morgan fingerprint density at radius 2 is 1.96 bits per heavy atom. The van der Waals surface area contributed by atoms with Gasteiger partial charge in [0, 0.05) is 12.5 Å². The Bertz CT molecular complexity index is 788. The van der Waals surface area contributed by atoms with Gasteiger partial charge in [0.25, 0.3) is 5.56 Å². The summed E-state index contributed by atoms with van der Waals surface area (Å²) in [4.78, 5) is 26.2. The van der Waals surface area contributed by atoms with E-state index in [2.05, 4.69) is 20.5 Å². The Kier molecular flexibility index (Phi) is 5.51. The van der Waals surface area contributed by atoms with Crippen molar-refractivity contribution in [2.24, 2.45) is 0 Å². The van der Waals surface area contributed by atoms with Crippen LogP contribution in [0.1, 0.15) is 32.0 Å². The molecule has 0 bridgehead atoms. The average Bonchev–Trinajstić information content (AvgIpc) is 2.59. The molecule has 1 atom stereocenters. The molecule has 8 heteroatoms. The molecule has 0 saturated carbocycles. The van der Waals surface area contributed by atoms with Crippen molar-refractivity contribution < 1.29 is 14.3 Å². The van der Waals surface area contributed by atoms with E-state index in [1.54, 1.807) is 25.3 Å². The lowest BCUT2D eigenvalue weighted by atomic mass is 10.1. The molecule has 2 aromatic rings. The van der Waals surface area contributed by atoms with Gasteiger partial charge in [-0.2, -0.15) is 0 Å². The lowest BCUT2D eigenvalue weighted by molar-refractivity contribution is -0.119. The first-order chi connectivity index (χ1) is 11.5. The number of nitrogens with one attached hydrogen (secondary N) is 2. The number of hydrogen-bond donors (Lipinski definition) is 2. The van der Waals surface area contributed by atoms with E-state index in [4.69, 9.17) is 9.47 Å². The summed E-state index contributed by atoms with van der Waals surface area (Å²) in [6, 6.07) is 4.68. The number of amides is 1. The number of H-pyrrole nitrogens is 1. The number of methoxy groups -OCH3 is 2. The number of aromatic nitrogens is 3. The molecular formula is C16H20N4O4. The zero-order valence-electron chi connectivity index (χ0n) is 14.0. The van der Waals surface area contributed by atoms with Crippen molar-refractivity contribution in [3.63, 3.8) is 0 Å². The van der Waals surface area contributed by atoms with Gasteiger partial charge >= 0.3 is 0 Å². The summed E-state index contributed by atoms with van der Waals surface area (Å²) in [6.45, 7) is 3.24. The van der Waals surface area contributed by atoms with E-state index in [1.807, 2.05) is 6.92 Å². The maximum absolute atomic E-state index is 12.3. The summed E-state index contributed by atoms with van der Waals surface area (Å²) < 4.78 is 10.4. The smallest absolute Gasteiger partial charge is 0.275 e. The predicted octanol–water partition coefficient (Wildman–Crippen LogP) is 1.44. The van der Waals surface area contributed by atoms with Gasteiger partial charge < -0.3 is 19.8 Å². The molecule has 0 fully saturated rings. The Hall–Kier alpha value is -2.90. The molecule has 1 heterocycles. The van der Waals surface area contributed by atoms with Gasteiger partial charge in [0.2, 0.25) is 5.91 Å². The third kappa shape index (κ3) is 3.70. The number of nitrogens with zero attached hydrogens (tertiary/aromatic N) is 2. The molecule has 0 radical (unpaired) electrons. The second kappa shape index (κ2) is 7.58. The average molecular weight is 332 g/mol. The molecular weight excluding hydrogens is 312 g/mol. The molecule has 2 rings (SSSR count). The number of carbonyl (C=O) groups is 1.